The van der Waals surface area contributed by atoms with Crippen molar-refractivity contribution in [3.63, 3.8) is 0 Å². The van der Waals surface area contributed by atoms with E-state index in [4.69, 9.17) is 14.6 Å². The van der Waals surface area contributed by atoms with Gasteiger partial charge in [-0.3, -0.25) is 0 Å². The first-order valence-corrected chi connectivity index (χ1v) is 13.5. The molecule has 2 aromatic carbocycles. The first kappa shape index (κ1) is 29.3. The summed E-state index contributed by atoms with van der Waals surface area (Å²) in [6, 6.07) is 18.8. The molecule has 2 aliphatic heterocycles. The van der Waals surface area contributed by atoms with Crippen molar-refractivity contribution in [1.29, 1.82) is 0 Å². The van der Waals surface area contributed by atoms with Crippen LogP contribution in [-0.4, -0.2) is 102 Å². The quantitative estimate of drug-likeness (QED) is 0.274. The molecule has 4 unspecified atom stereocenters. The molecule has 0 radical (unpaired) electrons. The molecule has 4 rings (SSSR count). The second kappa shape index (κ2) is 14.1. The molecule has 9 nitrogen and oxygen atoms in total. The minimum Gasteiger partial charge on any atom is -0.394 e. The Morgan fingerprint density at radius 2 is 0.972 bits per heavy atom. The molecule has 0 aliphatic carbocycles. The summed E-state index contributed by atoms with van der Waals surface area (Å²) in [6.07, 6.45) is -7.82. The van der Waals surface area contributed by atoms with Gasteiger partial charge in [0.1, 0.15) is 53.6 Å². The van der Waals surface area contributed by atoms with Gasteiger partial charge in [0.25, 0.3) is 0 Å². The molecule has 2 aromatic rings. The fourth-order valence-electron chi connectivity index (χ4n) is 3.78. The lowest BCUT2D eigenvalue weighted by atomic mass is 9.98. The van der Waals surface area contributed by atoms with Crippen LogP contribution < -0.4 is 0 Å². The summed E-state index contributed by atoms with van der Waals surface area (Å²) >= 11 is 2.60. The number of ether oxygens (including phenoxy) is 2. The summed E-state index contributed by atoms with van der Waals surface area (Å²) in [7, 11) is 0. The van der Waals surface area contributed by atoms with Gasteiger partial charge in [0, 0.05) is 9.79 Å². The fourth-order valence-corrected chi connectivity index (χ4v) is 5.94. The molecule has 0 bridgehead atoms. The Bertz CT molecular complexity index is 816. The second-order valence-corrected chi connectivity index (χ2v) is 10.8. The van der Waals surface area contributed by atoms with Crippen molar-refractivity contribution in [2.75, 3.05) is 6.61 Å². The number of hydrogen-bond donors (Lipinski definition) is 7. The van der Waals surface area contributed by atoms with E-state index in [1.54, 1.807) is 0 Å². The third kappa shape index (κ3) is 7.42. The molecule has 2 aliphatic rings. The van der Waals surface area contributed by atoms with Crippen LogP contribution in [0.5, 0.6) is 0 Å². The van der Waals surface area contributed by atoms with E-state index in [9.17, 15) is 30.6 Å². The summed E-state index contributed by atoms with van der Waals surface area (Å²) in [5.74, 6) is 0. The van der Waals surface area contributed by atoms with Gasteiger partial charge >= 0.3 is 0 Å². The normalized spacial score (nSPS) is 36.6. The van der Waals surface area contributed by atoms with E-state index in [0.717, 1.165) is 9.79 Å². The summed E-state index contributed by atoms with van der Waals surface area (Å²) in [5, 5.41) is 67.7. The molecule has 0 amide bonds. The van der Waals surface area contributed by atoms with Crippen LogP contribution in [0.3, 0.4) is 0 Å². The van der Waals surface area contributed by atoms with Crippen LogP contribution in [0, 0.1) is 0 Å². The molecule has 0 aromatic heterocycles. The Morgan fingerprint density at radius 1 is 0.583 bits per heavy atom. The molecular formula is C25H34O9S2. The van der Waals surface area contributed by atoms with Gasteiger partial charge in [-0.1, -0.05) is 66.8 Å². The smallest absolute Gasteiger partial charge is 0.136 e. The predicted octanol–water partition coefficient (Wildman–Crippen LogP) is 0.575. The highest BCUT2D eigenvalue weighted by molar-refractivity contribution is 8.00. The van der Waals surface area contributed by atoms with Crippen molar-refractivity contribution in [2.24, 2.45) is 0 Å². The number of aliphatic hydroxyl groups is 7. The predicted molar refractivity (Wildman–Crippen MR) is 135 cm³/mol. The van der Waals surface area contributed by atoms with Crippen LogP contribution >= 0.6 is 23.5 Å². The maximum absolute atomic E-state index is 9.93. The van der Waals surface area contributed by atoms with Crippen molar-refractivity contribution in [1.82, 2.24) is 0 Å². The van der Waals surface area contributed by atoms with Crippen molar-refractivity contribution < 1.29 is 45.2 Å². The Kier molecular flexibility index (Phi) is 11.5. The highest BCUT2D eigenvalue weighted by atomic mass is 32.2. The van der Waals surface area contributed by atoms with Gasteiger partial charge in [-0.25, -0.2) is 0 Å². The van der Waals surface area contributed by atoms with Crippen LogP contribution in [-0.2, 0) is 9.47 Å². The lowest BCUT2D eigenvalue weighted by Gasteiger charge is -2.40. The van der Waals surface area contributed by atoms with Gasteiger partial charge in [-0.15, -0.1) is 0 Å². The summed E-state index contributed by atoms with van der Waals surface area (Å²) in [5.41, 5.74) is -1.28. The molecule has 200 valence electrons. The molecule has 11 heteroatoms. The minimum absolute atomic E-state index is 0.406. The molecule has 7 N–H and O–H groups in total. The Labute approximate surface area is 218 Å². The second-order valence-electron chi connectivity index (χ2n) is 8.48. The van der Waals surface area contributed by atoms with Crippen LogP contribution in [0.15, 0.2) is 70.5 Å². The maximum atomic E-state index is 9.93. The monoisotopic (exact) mass is 542 g/mol. The van der Waals surface area contributed by atoms with E-state index < -0.39 is 66.3 Å². The largest absolute Gasteiger partial charge is 0.394 e. The Morgan fingerprint density at radius 3 is 1.36 bits per heavy atom. The van der Waals surface area contributed by atoms with Gasteiger partial charge < -0.3 is 45.2 Å². The third-order valence-electron chi connectivity index (χ3n) is 5.91. The zero-order valence-electron chi connectivity index (χ0n) is 19.7. The third-order valence-corrected chi connectivity index (χ3v) is 8.24. The highest BCUT2D eigenvalue weighted by Crippen LogP contribution is 2.34. The summed E-state index contributed by atoms with van der Waals surface area (Å²) in [6.45, 7) is 1.47. The van der Waals surface area contributed by atoms with Crippen molar-refractivity contribution in [3.05, 3.63) is 60.7 Å². The Balaban J connectivity index is 0.000000201. The zero-order valence-corrected chi connectivity index (χ0v) is 21.4. The van der Waals surface area contributed by atoms with Gasteiger partial charge in [0.2, 0.25) is 0 Å². The van der Waals surface area contributed by atoms with E-state index in [1.165, 1.54) is 23.5 Å². The first-order valence-electron chi connectivity index (χ1n) is 11.7. The number of rotatable bonds is 6. The molecule has 0 saturated carbocycles. The zero-order chi connectivity index (χ0) is 26.2. The van der Waals surface area contributed by atoms with Crippen LogP contribution in [0.1, 0.15) is 13.3 Å². The number of benzene rings is 2. The van der Waals surface area contributed by atoms with Gasteiger partial charge in [-0.05, 0) is 30.7 Å². The van der Waals surface area contributed by atoms with E-state index in [-0.39, 0.29) is 0 Å². The van der Waals surface area contributed by atoms with Gasteiger partial charge in [0.05, 0.1) is 12.7 Å². The molecule has 10 atom stereocenters. The molecule has 0 spiro atoms. The van der Waals surface area contributed by atoms with Crippen LogP contribution in [0.2, 0.25) is 0 Å². The average Bonchev–Trinajstić information content (AvgIpc) is 2.91. The van der Waals surface area contributed by atoms with E-state index in [0.29, 0.717) is 6.42 Å². The molecular weight excluding hydrogens is 508 g/mol. The van der Waals surface area contributed by atoms with Crippen molar-refractivity contribution >= 4 is 23.5 Å². The van der Waals surface area contributed by atoms with E-state index in [1.807, 2.05) is 67.6 Å². The summed E-state index contributed by atoms with van der Waals surface area (Å²) in [4.78, 5) is 1.84. The maximum Gasteiger partial charge on any atom is 0.136 e. The Hall–Kier alpha value is -1.22. The lowest BCUT2D eigenvalue weighted by molar-refractivity contribution is -0.205. The van der Waals surface area contributed by atoms with Crippen LogP contribution in [0.25, 0.3) is 0 Å². The number of aliphatic hydroxyl groups excluding tert-OH is 7. The molecule has 2 saturated heterocycles. The van der Waals surface area contributed by atoms with Crippen LogP contribution in [0.4, 0.5) is 0 Å². The van der Waals surface area contributed by atoms with E-state index >= 15 is 0 Å². The fraction of sp³-hybridized carbons (Fsp3) is 0.520. The SMILES string of the molecule is CCC1O[C@H](Sc2ccccc2)C(O)[C@@H](O)[C@@H]1O.OCC1O[C@H](Sc2ccccc2)C(O)[C@@H](O)[C@@H]1O. The standard InChI is InChI=1S/C13H18O4S.C12H16O5S/c1-2-9-10(14)11(15)12(16)13(17-9)18-8-6-4-3-5-7-8;13-6-8-9(14)10(15)11(16)12(17-8)18-7-4-2-1-3-5-7/h3-7,9-16H,2H2,1H3;1-5,8-16H,6H2/t9?,10-,11+,12?,13-;8?,9-,10+,11?,12-/m11/s1. The molecule has 2 fully saturated rings. The van der Waals surface area contributed by atoms with Crippen molar-refractivity contribution in [2.45, 2.75) is 82.8 Å². The van der Waals surface area contributed by atoms with Crippen molar-refractivity contribution in [3.8, 4) is 0 Å². The van der Waals surface area contributed by atoms with E-state index in [2.05, 4.69) is 0 Å². The topological polar surface area (TPSA) is 160 Å². The highest BCUT2D eigenvalue weighted by Gasteiger charge is 2.44. The van der Waals surface area contributed by atoms with Gasteiger partial charge in [-0.2, -0.15) is 0 Å². The molecule has 2 heterocycles. The number of thioether (sulfide) groups is 2. The summed E-state index contributed by atoms with van der Waals surface area (Å²) < 4.78 is 11.0. The lowest BCUT2D eigenvalue weighted by Crippen LogP contribution is -2.57. The average molecular weight is 543 g/mol. The minimum atomic E-state index is -1.32. The number of hydrogen-bond acceptors (Lipinski definition) is 11. The first-order chi connectivity index (χ1) is 17.3. The van der Waals surface area contributed by atoms with Gasteiger partial charge in [0.15, 0.2) is 0 Å². The molecule has 36 heavy (non-hydrogen) atoms.